The summed E-state index contributed by atoms with van der Waals surface area (Å²) in [7, 11) is 2.10. The van der Waals surface area contributed by atoms with E-state index >= 15 is 0 Å². The van der Waals surface area contributed by atoms with E-state index in [1.165, 1.54) is 5.69 Å². The molecule has 0 fully saturated rings. The molecule has 0 spiro atoms. The molecule has 0 N–H and O–H groups in total. The van der Waals surface area contributed by atoms with E-state index < -0.39 is 0 Å². The molecule has 0 heterocycles. The van der Waals surface area contributed by atoms with Gasteiger partial charge in [0.05, 0.1) is 0 Å². The third-order valence-corrected chi connectivity index (χ3v) is 1.87. The fourth-order valence-electron chi connectivity index (χ4n) is 1.10. The van der Waals surface area contributed by atoms with E-state index in [1.807, 2.05) is 12.1 Å². The van der Waals surface area contributed by atoms with Crippen LogP contribution in [0.25, 0.3) is 0 Å². The molecule has 1 rings (SSSR count). The lowest BCUT2D eigenvalue weighted by Gasteiger charge is -2.17. The maximum Gasteiger partial charge on any atom is 0.0363 e. The highest BCUT2D eigenvalue weighted by Crippen LogP contribution is 2.10. The normalized spacial score (nSPS) is 9.42. The fraction of sp³-hybridized carbons (Fsp3) is 0.273. The number of rotatable bonds is 4. The van der Waals surface area contributed by atoms with Gasteiger partial charge in [-0.25, -0.2) is 0 Å². The summed E-state index contributed by atoms with van der Waals surface area (Å²) in [5, 5.41) is 0. The number of hydrogen-bond donors (Lipinski definition) is 0. The Labute approximate surface area is 74.3 Å². The first-order valence-electron chi connectivity index (χ1n) is 4.21. The third kappa shape index (κ3) is 2.42. The lowest BCUT2D eigenvalue weighted by Crippen LogP contribution is -2.17. The van der Waals surface area contributed by atoms with E-state index in [0.29, 0.717) is 0 Å². The van der Waals surface area contributed by atoms with Crippen molar-refractivity contribution in [1.29, 1.82) is 0 Å². The maximum atomic E-state index is 3.70. The molecule has 0 atom stereocenters. The lowest BCUT2D eigenvalue weighted by molar-refractivity contribution is 0.900. The third-order valence-electron chi connectivity index (χ3n) is 1.87. The molecule has 0 aliphatic heterocycles. The van der Waals surface area contributed by atoms with Crippen molar-refractivity contribution < 1.29 is 0 Å². The summed E-state index contributed by atoms with van der Waals surface area (Å²) in [5.41, 5.74) is 1.26. The van der Waals surface area contributed by atoms with Gasteiger partial charge in [0, 0.05) is 19.3 Å². The molecule has 1 heteroatoms. The van der Waals surface area contributed by atoms with Gasteiger partial charge in [0.2, 0.25) is 0 Å². The van der Waals surface area contributed by atoms with Crippen molar-refractivity contribution in [2.75, 3.05) is 18.5 Å². The van der Waals surface area contributed by atoms with Gasteiger partial charge in [-0.2, -0.15) is 0 Å². The van der Waals surface area contributed by atoms with Crippen LogP contribution in [-0.2, 0) is 0 Å². The van der Waals surface area contributed by atoms with E-state index in [2.05, 4.69) is 42.8 Å². The van der Waals surface area contributed by atoms with Crippen LogP contribution in [0.3, 0.4) is 0 Å². The molecule has 12 heavy (non-hydrogen) atoms. The molecule has 0 saturated carbocycles. The quantitative estimate of drug-likeness (QED) is 0.614. The second-order valence-corrected chi connectivity index (χ2v) is 2.83. The summed E-state index contributed by atoms with van der Waals surface area (Å²) in [5.74, 6) is 0. The van der Waals surface area contributed by atoms with Gasteiger partial charge in [-0.05, 0) is 18.6 Å². The summed E-state index contributed by atoms with van der Waals surface area (Å²) in [6.07, 6.45) is 2.98. The smallest absolute Gasteiger partial charge is 0.0363 e. The number of para-hydroxylation sites is 1. The number of hydrogen-bond acceptors (Lipinski definition) is 1. The highest BCUT2D eigenvalue weighted by molar-refractivity contribution is 5.44. The molecule has 0 bridgehead atoms. The summed E-state index contributed by atoms with van der Waals surface area (Å²) in [4.78, 5) is 2.22. The summed E-state index contributed by atoms with van der Waals surface area (Å²) in [6, 6.07) is 10.4. The zero-order valence-corrected chi connectivity index (χ0v) is 7.53. The minimum absolute atomic E-state index is 1.03. The first-order valence-corrected chi connectivity index (χ1v) is 4.21. The molecule has 1 aromatic rings. The van der Waals surface area contributed by atoms with Gasteiger partial charge < -0.3 is 4.90 Å². The van der Waals surface area contributed by atoms with Gasteiger partial charge in [0.25, 0.3) is 0 Å². The highest BCUT2D eigenvalue weighted by atomic mass is 15.1. The van der Waals surface area contributed by atoms with E-state index in [1.54, 1.807) is 0 Å². The Bertz CT molecular complexity index is 228. The van der Waals surface area contributed by atoms with Crippen LogP contribution in [0.1, 0.15) is 6.42 Å². The van der Waals surface area contributed by atoms with Crippen LogP contribution in [0.5, 0.6) is 0 Å². The van der Waals surface area contributed by atoms with E-state index in [0.717, 1.165) is 13.0 Å². The zero-order chi connectivity index (χ0) is 8.81. The molecule has 0 amide bonds. The largest absolute Gasteiger partial charge is 0.374 e. The predicted molar refractivity (Wildman–Crippen MR) is 54.5 cm³/mol. The fourth-order valence-corrected chi connectivity index (χ4v) is 1.10. The Kier molecular flexibility index (Phi) is 3.39. The number of nitrogens with zero attached hydrogens (tertiary/aromatic N) is 1. The average Bonchev–Trinajstić information content (AvgIpc) is 2.15. The second-order valence-electron chi connectivity index (χ2n) is 2.83. The molecule has 0 aliphatic carbocycles. The zero-order valence-electron chi connectivity index (χ0n) is 7.53. The minimum Gasteiger partial charge on any atom is -0.374 e. The van der Waals surface area contributed by atoms with Crippen LogP contribution in [0, 0.1) is 0 Å². The van der Waals surface area contributed by atoms with Crippen molar-refractivity contribution in [3.8, 4) is 0 Å². The molecule has 1 aromatic carbocycles. The SMILES string of the molecule is C=CCCN(C)c1ccccc1. The lowest BCUT2D eigenvalue weighted by atomic mass is 10.3. The van der Waals surface area contributed by atoms with Gasteiger partial charge in [0.15, 0.2) is 0 Å². The Hall–Kier alpha value is -1.24. The van der Waals surface area contributed by atoms with E-state index in [4.69, 9.17) is 0 Å². The molecular formula is C11H15N. The first kappa shape index (κ1) is 8.85. The average molecular weight is 161 g/mol. The van der Waals surface area contributed by atoms with Crippen LogP contribution in [0.4, 0.5) is 5.69 Å². The molecule has 64 valence electrons. The first-order chi connectivity index (χ1) is 5.84. The summed E-state index contributed by atoms with van der Waals surface area (Å²) in [6.45, 7) is 4.73. The second kappa shape index (κ2) is 4.60. The molecule has 0 radical (unpaired) electrons. The van der Waals surface area contributed by atoms with Crippen LogP contribution in [-0.4, -0.2) is 13.6 Å². The highest BCUT2D eigenvalue weighted by Gasteiger charge is 1.95. The molecule has 0 aliphatic rings. The monoisotopic (exact) mass is 161 g/mol. The standard InChI is InChI=1S/C11H15N/c1-3-4-10-12(2)11-8-6-5-7-9-11/h3,5-9H,1,4,10H2,2H3. The van der Waals surface area contributed by atoms with Crippen molar-refractivity contribution in [2.24, 2.45) is 0 Å². The van der Waals surface area contributed by atoms with Crippen LogP contribution in [0.2, 0.25) is 0 Å². The van der Waals surface area contributed by atoms with Gasteiger partial charge in [-0.3, -0.25) is 0 Å². The van der Waals surface area contributed by atoms with Crippen molar-refractivity contribution in [3.05, 3.63) is 43.0 Å². The maximum absolute atomic E-state index is 3.70. The predicted octanol–water partition coefficient (Wildman–Crippen LogP) is 2.70. The van der Waals surface area contributed by atoms with Gasteiger partial charge in [-0.15, -0.1) is 6.58 Å². The van der Waals surface area contributed by atoms with Crippen LogP contribution in [0.15, 0.2) is 43.0 Å². The molecule has 0 aromatic heterocycles. The van der Waals surface area contributed by atoms with Crippen molar-refractivity contribution in [3.63, 3.8) is 0 Å². The topological polar surface area (TPSA) is 3.24 Å². The van der Waals surface area contributed by atoms with Crippen molar-refractivity contribution in [1.82, 2.24) is 0 Å². The van der Waals surface area contributed by atoms with Gasteiger partial charge >= 0.3 is 0 Å². The molecule has 0 unspecified atom stereocenters. The van der Waals surface area contributed by atoms with Crippen molar-refractivity contribution in [2.45, 2.75) is 6.42 Å². The number of anilines is 1. The van der Waals surface area contributed by atoms with E-state index in [9.17, 15) is 0 Å². The van der Waals surface area contributed by atoms with Crippen LogP contribution < -0.4 is 4.90 Å². The Morgan fingerprint density at radius 2 is 2.00 bits per heavy atom. The Balaban J connectivity index is 2.53. The van der Waals surface area contributed by atoms with Crippen LogP contribution >= 0.6 is 0 Å². The number of benzene rings is 1. The molecular weight excluding hydrogens is 146 g/mol. The van der Waals surface area contributed by atoms with E-state index in [-0.39, 0.29) is 0 Å². The van der Waals surface area contributed by atoms with Gasteiger partial charge in [-0.1, -0.05) is 24.3 Å². The summed E-state index contributed by atoms with van der Waals surface area (Å²) >= 11 is 0. The van der Waals surface area contributed by atoms with Gasteiger partial charge in [0.1, 0.15) is 0 Å². The molecule has 0 saturated heterocycles. The Morgan fingerprint density at radius 3 is 2.58 bits per heavy atom. The van der Waals surface area contributed by atoms with Crippen molar-refractivity contribution >= 4 is 5.69 Å². The minimum atomic E-state index is 1.03. The molecule has 1 nitrogen and oxygen atoms in total. The summed E-state index contributed by atoms with van der Waals surface area (Å²) < 4.78 is 0. The Morgan fingerprint density at radius 1 is 1.33 bits per heavy atom.